The first kappa shape index (κ1) is 16.4. The van der Waals surface area contributed by atoms with E-state index in [0.29, 0.717) is 18.4 Å². The molecular weight excluding hydrogens is 318 g/mol. The predicted molar refractivity (Wildman–Crippen MR) is 94.1 cm³/mol. The summed E-state index contributed by atoms with van der Waals surface area (Å²) in [5.74, 6) is 2.20. The van der Waals surface area contributed by atoms with Gasteiger partial charge in [-0.15, -0.1) is 0 Å². The van der Waals surface area contributed by atoms with E-state index in [0.717, 1.165) is 22.7 Å². The summed E-state index contributed by atoms with van der Waals surface area (Å²) in [7, 11) is 1.61. The van der Waals surface area contributed by atoms with Crippen LogP contribution in [0.4, 0.5) is 11.6 Å². The predicted octanol–water partition coefficient (Wildman–Crippen LogP) is 4.36. The Kier molecular flexibility index (Phi) is 4.86. The van der Waals surface area contributed by atoms with Gasteiger partial charge in [0.1, 0.15) is 17.6 Å². The normalized spacial score (nSPS) is 10.1. The standard InChI is InChI=1S/C19H17N3O3/c1-3-24-16-8-4-13(5-9-16)18-22-17(12-20)19(25-18)21-14-6-10-15(23-2)11-7-14/h4-11,21H,3H2,1-2H3. The number of methoxy groups -OCH3 is 1. The van der Waals surface area contributed by atoms with Gasteiger partial charge >= 0.3 is 0 Å². The number of hydrogen-bond acceptors (Lipinski definition) is 6. The number of nitrogens with zero attached hydrogens (tertiary/aromatic N) is 2. The van der Waals surface area contributed by atoms with Crippen LogP contribution < -0.4 is 14.8 Å². The van der Waals surface area contributed by atoms with Gasteiger partial charge in [0.05, 0.1) is 13.7 Å². The highest BCUT2D eigenvalue weighted by Gasteiger charge is 2.15. The second-order valence-corrected chi connectivity index (χ2v) is 5.12. The van der Waals surface area contributed by atoms with E-state index < -0.39 is 0 Å². The summed E-state index contributed by atoms with van der Waals surface area (Å²) >= 11 is 0. The van der Waals surface area contributed by atoms with E-state index in [1.807, 2.05) is 61.5 Å². The van der Waals surface area contributed by atoms with Gasteiger partial charge in [0.2, 0.25) is 17.5 Å². The highest BCUT2D eigenvalue weighted by molar-refractivity contribution is 5.64. The van der Waals surface area contributed by atoms with Crippen LogP contribution in [0.5, 0.6) is 11.5 Å². The van der Waals surface area contributed by atoms with Crippen LogP contribution in [0, 0.1) is 11.3 Å². The molecule has 0 aliphatic heterocycles. The number of rotatable bonds is 6. The summed E-state index contributed by atoms with van der Waals surface area (Å²) in [5, 5.41) is 12.4. The van der Waals surface area contributed by atoms with Gasteiger partial charge in [0.15, 0.2) is 0 Å². The maximum Gasteiger partial charge on any atom is 0.236 e. The molecule has 6 heteroatoms. The molecule has 1 heterocycles. The van der Waals surface area contributed by atoms with E-state index in [4.69, 9.17) is 13.9 Å². The third kappa shape index (κ3) is 3.72. The van der Waals surface area contributed by atoms with Crippen molar-refractivity contribution in [2.75, 3.05) is 19.0 Å². The molecule has 0 saturated carbocycles. The zero-order valence-corrected chi connectivity index (χ0v) is 13.9. The number of nitriles is 1. The van der Waals surface area contributed by atoms with Crippen LogP contribution in [-0.2, 0) is 0 Å². The lowest BCUT2D eigenvalue weighted by molar-refractivity contribution is 0.340. The highest BCUT2D eigenvalue weighted by atomic mass is 16.5. The summed E-state index contributed by atoms with van der Waals surface area (Å²) in [6.45, 7) is 2.53. The Bertz CT molecular complexity index is 878. The lowest BCUT2D eigenvalue weighted by atomic mass is 10.2. The zero-order valence-electron chi connectivity index (χ0n) is 13.9. The minimum Gasteiger partial charge on any atom is -0.497 e. The van der Waals surface area contributed by atoms with Crippen molar-refractivity contribution >= 4 is 11.6 Å². The Morgan fingerprint density at radius 2 is 1.76 bits per heavy atom. The minimum atomic E-state index is 0.194. The average Bonchev–Trinajstić information content (AvgIpc) is 3.06. The molecule has 126 valence electrons. The fraction of sp³-hybridized carbons (Fsp3) is 0.158. The Labute approximate surface area is 145 Å². The molecule has 3 rings (SSSR count). The third-order valence-corrected chi connectivity index (χ3v) is 3.49. The number of aromatic nitrogens is 1. The van der Waals surface area contributed by atoms with Crippen LogP contribution in [0.2, 0.25) is 0 Å². The maximum atomic E-state index is 9.30. The molecule has 2 aromatic carbocycles. The third-order valence-electron chi connectivity index (χ3n) is 3.49. The fourth-order valence-electron chi connectivity index (χ4n) is 2.27. The largest absolute Gasteiger partial charge is 0.497 e. The van der Waals surface area contributed by atoms with Crippen molar-refractivity contribution in [2.45, 2.75) is 6.92 Å². The van der Waals surface area contributed by atoms with Crippen LogP contribution >= 0.6 is 0 Å². The first-order valence-corrected chi connectivity index (χ1v) is 7.78. The molecule has 1 aromatic heterocycles. The highest BCUT2D eigenvalue weighted by Crippen LogP contribution is 2.29. The quantitative estimate of drug-likeness (QED) is 0.721. The van der Waals surface area contributed by atoms with Gasteiger partial charge in [-0.2, -0.15) is 10.2 Å². The fourth-order valence-corrected chi connectivity index (χ4v) is 2.27. The van der Waals surface area contributed by atoms with Gasteiger partial charge in [0, 0.05) is 11.3 Å². The number of ether oxygens (including phenoxy) is 2. The van der Waals surface area contributed by atoms with E-state index in [9.17, 15) is 5.26 Å². The molecule has 0 bridgehead atoms. The Balaban J connectivity index is 1.84. The van der Waals surface area contributed by atoms with Crippen LogP contribution in [0.3, 0.4) is 0 Å². The van der Waals surface area contributed by atoms with Crippen molar-refractivity contribution in [3.8, 4) is 29.0 Å². The van der Waals surface area contributed by atoms with E-state index >= 15 is 0 Å². The average molecular weight is 335 g/mol. The molecule has 0 unspecified atom stereocenters. The SMILES string of the molecule is CCOc1ccc(-c2nc(C#N)c(Nc3ccc(OC)cc3)o2)cc1. The molecular formula is C19H17N3O3. The number of hydrogen-bond donors (Lipinski definition) is 1. The van der Waals surface area contributed by atoms with E-state index in [1.54, 1.807) is 7.11 Å². The zero-order chi connectivity index (χ0) is 17.6. The van der Waals surface area contributed by atoms with E-state index in [1.165, 1.54) is 0 Å². The second kappa shape index (κ2) is 7.41. The Hall–Kier alpha value is -3.46. The number of anilines is 2. The van der Waals surface area contributed by atoms with Crippen LogP contribution in [0.1, 0.15) is 12.6 Å². The van der Waals surface area contributed by atoms with Crippen LogP contribution in [0.15, 0.2) is 52.9 Å². The number of nitrogens with one attached hydrogen (secondary N) is 1. The smallest absolute Gasteiger partial charge is 0.236 e. The van der Waals surface area contributed by atoms with E-state index in [-0.39, 0.29) is 5.69 Å². The molecule has 0 amide bonds. The number of oxazole rings is 1. The molecule has 0 aliphatic carbocycles. The summed E-state index contributed by atoms with van der Waals surface area (Å²) in [6, 6.07) is 16.7. The van der Waals surface area contributed by atoms with Crippen molar-refractivity contribution in [1.29, 1.82) is 5.26 Å². The molecule has 25 heavy (non-hydrogen) atoms. The lowest BCUT2D eigenvalue weighted by Crippen LogP contribution is -1.91. The van der Waals surface area contributed by atoms with Crippen molar-refractivity contribution in [2.24, 2.45) is 0 Å². The number of benzene rings is 2. The summed E-state index contributed by atoms with van der Waals surface area (Å²) in [5.41, 5.74) is 1.73. The molecule has 0 radical (unpaired) electrons. The van der Waals surface area contributed by atoms with Gasteiger partial charge in [-0.3, -0.25) is 0 Å². The van der Waals surface area contributed by atoms with Gasteiger partial charge in [-0.05, 0) is 55.5 Å². The van der Waals surface area contributed by atoms with Crippen molar-refractivity contribution in [1.82, 2.24) is 4.98 Å². The van der Waals surface area contributed by atoms with E-state index in [2.05, 4.69) is 10.3 Å². The van der Waals surface area contributed by atoms with Crippen molar-refractivity contribution in [3.63, 3.8) is 0 Å². The second-order valence-electron chi connectivity index (χ2n) is 5.12. The Morgan fingerprint density at radius 3 is 2.36 bits per heavy atom. The molecule has 0 aliphatic rings. The van der Waals surface area contributed by atoms with Crippen LogP contribution in [0.25, 0.3) is 11.5 Å². The molecule has 0 saturated heterocycles. The van der Waals surface area contributed by atoms with Gasteiger partial charge in [-0.1, -0.05) is 0 Å². The lowest BCUT2D eigenvalue weighted by Gasteiger charge is -2.04. The maximum absolute atomic E-state index is 9.30. The van der Waals surface area contributed by atoms with Crippen molar-refractivity contribution in [3.05, 3.63) is 54.2 Å². The summed E-state index contributed by atoms with van der Waals surface area (Å²) < 4.78 is 16.3. The molecule has 1 N–H and O–H groups in total. The summed E-state index contributed by atoms with van der Waals surface area (Å²) in [6.07, 6.45) is 0. The van der Waals surface area contributed by atoms with Gasteiger partial charge in [-0.25, -0.2) is 0 Å². The van der Waals surface area contributed by atoms with Gasteiger partial charge in [0.25, 0.3) is 0 Å². The summed E-state index contributed by atoms with van der Waals surface area (Å²) in [4.78, 5) is 4.25. The molecule has 0 spiro atoms. The van der Waals surface area contributed by atoms with Gasteiger partial charge < -0.3 is 19.2 Å². The molecule has 6 nitrogen and oxygen atoms in total. The molecule has 0 fully saturated rings. The Morgan fingerprint density at radius 1 is 1.08 bits per heavy atom. The van der Waals surface area contributed by atoms with Crippen LogP contribution in [-0.4, -0.2) is 18.7 Å². The van der Waals surface area contributed by atoms with Crippen molar-refractivity contribution < 1.29 is 13.9 Å². The first-order chi connectivity index (χ1) is 12.2. The monoisotopic (exact) mass is 335 g/mol. The molecule has 3 aromatic rings. The first-order valence-electron chi connectivity index (χ1n) is 7.78. The topological polar surface area (TPSA) is 80.3 Å². The minimum absolute atomic E-state index is 0.194. The molecule has 0 atom stereocenters.